The zero-order valence-corrected chi connectivity index (χ0v) is 12.6. The molecule has 0 saturated carbocycles. The molecule has 1 rings (SSSR count). The molecule has 0 aliphatic heterocycles. The van der Waals surface area contributed by atoms with E-state index in [4.69, 9.17) is 0 Å². The van der Waals surface area contributed by atoms with E-state index in [1.54, 1.807) is 0 Å². The van der Waals surface area contributed by atoms with Crippen LogP contribution in [-0.2, 0) is 17.2 Å². The van der Waals surface area contributed by atoms with Crippen LogP contribution in [-0.4, -0.2) is 22.3 Å². The molecule has 0 spiro atoms. The zero-order valence-electron chi connectivity index (χ0n) is 11.7. The molecule has 0 aromatic heterocycles. The van der Waals surface area contributed by atoms with Gasteiger partial charge in [-0.3, -0.25) is 4.21 Å². The molecule has 0 fully saturated rings. The highest BCUT2D eigenvalue weighted by molar-refractivity contribution is 7.84. The van der Waals surface area contributed by atoms with Gasteiger partial charge in [-0.15, -0.1) is 0 Å². The zero-order chi connectivity index (χ0) is 13.4. The first-order chi connectivity index (χ1) is 8.71. The fraction of sp³-hybridized carbons (Fsp3) is 0.600. The summed E-state index contributed by atoms with van der Waals surface area (Å²) in [5, 5.41) is 3.42. The Morgan fingerprint density at radius 2 is 1.83 bits per heavy atom. The van der Waals surface area contributed by atoms with Crippen LogP contribution in [0.2, 0.25) is 0 Å². The van der Waals surface area contributed by atoms with Crippen LogP contribution in [0.5, 0.6) is 0 Å². The van der Waals surface area contributed by atoms with Crippen molar-refractivity contribution in [2.24, 2.45) is 0 Å². The van der Waals surface area contributed by atoms with Gasteiger partial charge in [-0.05, 0) is 24.1 Å². The van der Waals surface area contributed by atoms with Gasteiger partial charge in [0.2, 0.25) is 0 Å². The van der Waals surface area contributed by atoms with E-state index in [0.29, 0.717) is 5.75 Å². The highest BCUT2D eigenvalue weighted by Crippen LogP contribution is 2.16. The molecule has 102 valence electrons. The Morgan fingerprint density at radius 3 is 2.33 bits per heavy atom. The predicted octanol–water partition coefficient (Wildman–Crippen LogP) is 3.06. The average Bonchev–Trinajstić information content (AvgIpc) is 2.39. The molecule has 2 unspecified atom stereocenters. The Bertz CT molecular complexity index is 361. The molecule has 0 radical (unpaired) electrons. The molecule has 0 heterocycles. The molecular weight excluding hydrogens is 242 g/mol. The quantitative estimate of drug-likeness (QED) is 0.784. The number of nitrogens with one attached hydrogen (secondary N) is 1. The Morgan fingerprint density at radius 1 is 1.17 bits per heavy atom. The maximum atomic E-state index is 11.7. The first kappa shape index (κ1) is 15.4. The van der Waals surface area contributed by atoms with E-state index in [0.717, 1.165) is 18.7 Å². The standard InChI is InChI=1S/C15H25NOS/c1-4-7-13-8-10-14(11-9-13)15(16-5-2)12-18(17)6-3/h8-11,15-16H,4-7,12H2,1-3H3. The van der Waals surface area contributed by atoms with Gasteiger partial charge >= 0.3 is 0 Å². The minimum atomic E-state index is -0.730. The molecular formula is C15H25NOS. The Labute approximate surface area is 114 Å². The SMILES string of the molecule is CCCc1ccc(C(CS(=O)CC)NCC)cc1. The Balaban J connectivity index is 2.75. The number of hydrogen-bond donors (Lipinski definition) is 1. The van der Waals surface area contributed by atoms with Crippen LogP contribution in [0.1, 0.15) is 44.4 Å². The lowest BCUT2D eigenvalue weighted by Gasteiger charge is -2.18. The van der Waals surface area contributed by atoms with Crippen LogP contribution in [0.3, 0.4) is 0 Å². The molecule has 0 saturated heterocycles. The van der Waals surface area contributed by atoms with E-state index in [-0.39, 0.29) is 6.04 Å². The van der Waals surface area contributed by atoms with Gasteiger partial charge in [0, 0.05) is 28.3 Å². The third kappa shape index (κ3) is 4.91. The van der Waals surface area contributed by atoms with Crippen molar-refractivity contribution in [3.8, 4) is 0 Å². The van der Waals surface area contributed by atoms with Gasteiger partial charge in [-0.1, -0.05) is 51.5 Å². The van der Waals surface area contributed by atoms with Crippen molar-refractivity contribution in [3.63, 3.8) is 0 Å². The molecule has 0 bridgehead atoms. The topological polar surface area (TPSA) is 29.1 Å². The van der Waals surface area contributed by atoms with Crippen LogP contribution in [0.25, 0.3) is 0 Å². The lowest BCUT2D eigenvalue weighted by atomic mass is 10.0. The van der Waals surface area contributed by atoms with Gasteiger partial charge in [0.25, 0.3) is 0 Å². The molecule has 0 aliphatic carbocycles. The summed E-state index contributed by atoms with van der Waals surface area (Å²) in [6.07, 6.45) is 2.31. The minimum absolute atomic E-state index is 0.214. The predicted molar refractivity (Wildman–Crippen MR) is 80.4 cm³/mol. The van der Waals surface area contributed by atoms with Crippen molar-refractivity contribution in [2.75, 3.05) is 18.1 Å². The third-order valence-electron chi connectivity index (χ3n) is 3.05. The summed E-state index contributed by atoms with van der Waals surface area (Å²) in [7, 11) is -0.730. The summed E-state index contributed by atoms with van der Waals surface area (Å²) in [5.74, 6) is 1.44. The highest BCUT2D eigenvalue weighted by atomic mass is 32.2. The fourth-order valence-electron chi connectivity index (χ4n) is 2.03. The third-order valence-corrected chi connectivity index (χ3v) is 4.39. The second-order valence-corrected chi connectivity index (χ2v) is 6.29. The van der Waals surface area contributed by atoms with E-state index >= 15 is 0 Å². The molecule has 1 aromatic carbocycles. The first-order valence-corrected chi connectivity index (χ1v) is 8.37. The summed E-state index contributed by atoms with van der Waals surface area (Å²) in [4.78, 5) is 0. The second-order valence-electron chi connectivity index (χ2n) is 4.50. The molecule has 3 heteroatoms. The van der Waals surface area contributed by atoms with Gasteiger partial charge < -0.3 is 5.32 Å². The van der Waals surface area contributed by atoms with Gasteiger partial charge in [-0.2, -0.15) is 0 Å². The fourth-order valence-corrected chi connectivity index (χ4v) is 2.95. The Kier molecular flexibility index (Phi) is 7.21. The van der Waals surface area contributed by atoms with E-state index in [1.165, 1.54) is 17.5 Å². The average molecular weight is 267 g/mol. The van der Waals surface area contributed by atoms with Crippen LogP contribution < -0.4 is 5.32 Å². The molecule has 18 heavy (non-hydrogen) atoms. The molecule has 2 atom stereocenters. The van der Waals surface area contributed by atoms with Gasteiger partial charge in [0.1, 0.15) is 0 Å². The monoisotopic (exact) mass is 267 g/mol. The molecule has 0 amide bonds. The van der Waals surface area contributed by atoms with E-state index < -0.39 is 10.8 Å². The van der Waals surface area contributed by atoms with Crippen LogP contribution in [0, 0.1) is 0 Å². The van der Waals surface area contributed by atoms with Crippen molar-refractivity contribution in [1.29, 1.82) is 0 Å². The van der Waals surface area contributed by atoms with Crippen LogP contribution in [0.4, 0.5) is 0 Å². The largest absolute Gasteiger partial charge is 0.309 e. The highest BCUT2D eigenvalue weighted by Gasteiger charge is 2.12. The number of hydrogen-bond acceptors (Lipinski definition) is 2. The lowest BCUT2D eigenvalue weighted by Crippen LogP contribution is -2.26. The summed E-state index contributed by atoms with van der Waals surface area (Å²) in [6.45, 7) is 7.17. The van der Waals surface area contributed by atoms with E-state index in [1.807, 2.05) is 6.92 Å². The van der Waals surface area contributed by atoms with Crippen molar-refractivity contribution < 1.29 is 4.21 Å². The molecule has 1 N–H and O–H groups in total. The minimum Gasteiger partial charge on any atom is -0.309 e. The van der Waals surface area contributed by atoms with Gasteiger partial charge in [0.15, 0.2) is 0 Å². The van der Waals surface area contributed by atoms with E-state index in [2.05, 4.69) is 43.4 Å². The van der Waals surface area contributed by atoms with Crippen LogP contribution in [0.15, 0.2) is 24.3 Å². The number of rotatable bonds is 8. The van der Waals surface area contributed by atoms with Crippen molar-refractivity contribution in [3.05, 3.63) is 35.4 Å². The summed E-state index contributed by atoms with van der Waals surface area (Å²) in [5.41, 5.74) is 2.63. The summed E-state index contributed by atoms with van der Waals surface area (Å²) >= 11 is 0. The lowest BCUT2D eigenvalue weighted by molar-refractivity contribution is 0.594. The second kappa shape index (κ2) is 8.44. The van der Waals surface area contributed by atoms with E-state index in [9.17, 15) is 4.21 Å². The number of benzene rings is 1. The van der Waals surface area contributed by atoms with Gasteiger partial charge in [0.05, 0.1) is 0 Å². The number of aryl methyl sites for hydroxylation is 1. The molecule has 1 aromatic rings. The first-order valence-electron chi connectivity index (χ1n) is 6.88. The van der Waals surface area contributed by atoms with Gasteiger partial charge in [-0.25, -0.2) is 0 Å². The van der Waals surface area contributed by atoms with Crippen molar-refractivity contribution in [1.82, 2.24) is 5.32 Å². The summed E-state index contributed by atoms with van der Waals surface area (Å²) < 4.78 is 11.7. The van der Waals surface area contributed by atoms with Crippen molar-refractivity contribution >= 4 is 10.8 Å². The summed E-state index contributed by atoms with van der Waals surface area (Å²) in [6, 6.07) is 8.94. The Hall–Kier alpha value is -0.670. The smallest absolute Gasteiger partial charge is 0.0436 e. The molecule has 2 nitrogen and oxygen atoms in total. The normalized spacial score (nSPS) is 14.4. The maximum Gasteiger partial charge on any atom is 0.0436 e. The van der Waals surface area contributed by atoms with Crippen molar-refractivity contribution in [2.45, 2.75) is 39.7 Å². The van der Waals surface area contributed by atoms with Crippen LogP contribution >= 0.6 is 0 Å². The maximum absolute atomic E-state index is 11.7. The molecule has 0 aliphatic rings.